The lowest BCUT2D eigenvalue weighted by Gasteiger charge is -2.25. The van der Waals surface area contributed by atoms with Crippen LogP contribution >= 0.6 is 27.3 Å². The van der Waals surface area contributed by atoms with Crippen molar-refractivity contribution < 1.29 is 23.4 Å². The third-order valence-electron chi connectivity index (χ3n) is 6.25. The Morgan fingerprint density at radius 3 is 2.64 bits per heavy atom. The van der Waals surface area contributed by atoms with Gasteiger partial charge in [0.2, 0.25) is 0 Å². The number of halogens is 1. The minimum atomic E-state index is -0.768. The second-order valence-corrected chi connectivity index (χ2v) is 10.6. The fourth-order valence-corrected chi connectivity index (χ4v) is 5.91. The summed E-state index contributed by atoms with van der Waals surface area (Å²) in [5.41, 5.74) is 2.04. The molecule has 5 rings (SSSR count). The van der Waals surface area contributed by atoms with E-state index in [-0.39, 0.29) is 17.7 Å². The normalized spacial score (nSPS) is 15.1. The molecule has 39 heavy (non-hydrogen) atoms. The molecular weight excluding hydrogens is 584 g/mol. The molecule has 0 spiro atoms. The van der Waals surface area contributed by atoms with E-state index in [0.717, 1.165) is 10.0 Å². The Morgan fingerprint density at radius 1 is 1.13 bits per heavy atom. The van der Waals surface area contributed by atoms with Crippen molar-refractivity contribution in [2.24, 2.45) is 4.99 Å². The van der Waals surface area contributed by atoms with Gasteiger partial charge in [-0.15, -0.1) is 0 Å². The van der Waals surface area contributed by atoms with Crippen LogP contribution in [0.4, 0.5) is 0 Å². The third kappa shape index (κ3) is 5.09. The number of allylic oxidation sites excluding steroid dienone is 1. The van der Waals surface area contributed by atoms with Crippen molar-refractivity contribution in [2.75, 3.05) is 20.8 Å². The first kappa shape index (κ1) is 26.7. The van der Waals surface area contributed by atoms with Gasteiger partial charge >= 0.3 is 5.97 Å². The van der Waals surface area contributed by atoms with Crippen LogP contribution in [0.1, 0.15) is 31.2 Å². The summed E-state index contributed by atoms with van der Waals surface area (Å²) in [5, 5.41) is 0. The van der Waals surface area contributed by atoms with Crippen LogP contribution in [0.2, 0.25) is 0 Å². The van der Waals surface area contributed by atoms with Gasteiger partial charge in [0.15, 0.2) is 16.3 Å². The molecule has 0 unspecified atom stereocenters. The lowest BCUT2D eigenvalue weighted by atomic mass is 9.95. The molecule has 0 bridgehead atoms. The molecule has 1 aliphatic heterocycles. The van der Waals surface area contributed by atoms with Gasteiger partial charge in [0, 0.05) is 16.1 Å². The summed E-state index contributed by atoms with van der Waals surface area (Å²) in [6, 6.07) is 16.0. The minimum Gasteiger partial charge on any atom is -0.493 e. The summed E-state index contributed by atoms with van der Waals surface area (Å²) >= 11 is 4.71. The van der Waals surface area contributed by atoms with Crippen molar-refractivity contribution in [1.29, 1.82) is 0 Å². The highest BCUT2D eigenvalue weighted by atomic mass is 79.9. The molecule has 0 aliphatic carbocycles. The van der Waals surface area contributed by atoms with E-state index < -0.39 is 12.0 Å². The van der Waals surface area contributed by atoms with Gasteiger partial charge in [0.05, 0.1) is 42.7 Å². The number of hydrogen-bond donors (Lipinski definition) is 0. The fraction of sp³-hybridized carbons (Fsp3) is 0.207. The van der Waals surface area contributed by atoms with Crippen LogP contribution in [-0.2, 0) is 9.53 Å². The maximum Gasteiger partial charge on any atom is 0.338 e. The van der Waals surface area contributed by atoms with Crippen molar-refractivity contribution >= 4 is 39.3 Å². The molecule has 4 aromatic rings. The smallest absolute Gasteiger partial charge is 0.338 e. The summed E-state index contributed by atoms with van der Waals surface area (Å²) in [4.78, 5) is 32.0. The summed E-state index contributed by atoms with van der Waals surface area (Å²) < 4.78 is 25.2. The van der Waals surface area contributed by atoms with Crippen molar-refractivity contribution in [3.8, 4) is 22.8 Å². The Hall–Kier alpha value is -3.89. The molecular formula is C29H25BrN2O6S. The summed E-state index contributed by atoms with van der Waals surface area (Å²) in [6.07, 6.45) is 1.69. The molecule has 2 aromatic heterocycles. The van der Waals surface area contributed by atoms with Gasteiger partial charge in [-0.3, -0.25) is 9.36 Å². The number of nitrogens with zero attached hydrogens (tertiary/aromatic N) is 2. The Kier molecular flexibility index (Phi) is 7.58. The SMILES string of the molecule is CCOC(=O)C1=C(C)N=c2s/c(=C\c3ccc(-c4cccc(Br)c4)o3)c(=O)n2[C@@H]1c1ccc(OC)c(OC)c1. The molecule has 0 saturated heterocycles. The molecule has 3 heterocycles. The number of carbonyl (C=O) groups is 1. The number of hydrogen-bond acceptors (Lipinski definition) is 8. The van der Waals surface area contributed by atoms with Crippen molar-refractivity contribution in [3.63, 3.8) is 0 Å². The number of rotatable bonds is 7. The first-order valence-corrected chi connectivity index (χ1v) is 13.7. The molecule has 0 fully saturated rings. The van der Waals surface area contributed by atoms with Crippen molar-refractivity contribution in [3.05, 3.63) is 101 Å². The molecule has 0 radical (unpaired) electrons. The predicted molar refractivity (Wildman–Crippen MR) is 152 cm³/mol. The van der Waals surface area contributed by atoms with E-state index in [2.05, 4.69) is 20.9 Å². The Balaban J connectivity index is 1.66. The van der Waals surface area contributed by atoms with Gasteiger partial charge < -0.3 is 18.6 Å². The zero-order valence-corrected chi connectivity index (χ0v) is 24.1. The van der Waals surface area contributed by atoms with Gasteiger partial charge in [0.1, 0.15) is 11.5 Å². The van der Waals surface area contributed by atoms with Crippen molar-refractivity contribution in [2.45, 2.75) is 19.9 Å². The average molecular weight is 609 g/mol. The van der Waals surface area contributed by atoms with Gasteiger partial charge in [-0.2, -0.15) is 0 Å². The summed E-state index contributed by atoms with van der Waals surface area (Å²) in [6.45, 7) is 3.67. The van der Waals surface area contributed by atoms with Crippen molar-refractivity contribution in [1.82, 2.24) is 4.57 Å². The molecule has 10 heteroatoms. The van der Waals surface area contributed by atoms with Gasteiger partial charge in [-0.1, -0.05) is 45.5 Å². The van der Waals surface area contributed by atoms with Crippen LogP contribution in [0, 0.1) is 0 Å². The second-order valence-electron chi connectivity index (χ2n) is 8.63. The van der Waals surface area contributed by atoms with Crippen LogP contribution in [0.3, 0.4) is 0 Å². The number of benzene rings is 2. The summed E-state index contributed by atoms with van der Waals surface area (Å²) in [7, 11) is 3.08. The highest BCUT2D eigenvalue weighted by Crippen LogP contribution is 2.36. The molecule has 2 aromatic carbocycles. The highest BCUT2D eigenvalue weighted by molar-refractivity contribution is 9.10. The maximum atomic E-state index is 13.8. The van der Waals surface area contributed by atoms with E-state index in [1.165, 1.54) is 23.0 Å². The third-order valence-corrected chi connectivity index (χ3v) is 7.73. The van der Waals surface area contributed by atoms with Crippen LogP contribution in [-0.4, -0.2) is 31.4 Å². The lowest BCUT2D eigenvalue weighted by Crippen LogP contribution is -2.39. The van der Waals surface area contributed by atoms with Crippen LogP contribution in [0.25, 0.3) is 17.4 Å². The van der Waals surface area contributed by atoms with E-state index in [9.17, 15) is 9.59 Å². The number of carbonyl (C=O) groups excluding carboxylic acids is 1. The topological polar surface area (TPSA) is 92.3 Å². The van der Waals surface area contributed by atoms with E-state index in [1.807, 2.05) is 36.4 Å². The monoisotopic (exact) mass is 608 g/mol. The molecule has 200 valence electrons. The molecule has 0 saturated carbocycles. The van der Waals surface area contributed by atoms with Crippen LogP contribution < -0.4 is 24.4 Å². The van der Waals surface area contributed by atoms with Crippen LogP contribution in [0.5, 0.6) is 11.5 Å². The van der Waals surface area contributed by atoms with E-state index in [0.29, 0.717) is 43.6 Å². The highest BCUT2D eigenvalue weighted by Gasteiger charge is 2.34. The number of thiazole rings is 1. The molecule has 1 atom stereocenters. The standard InChI is InChI=1S/C29H25BrN2O6S/c1-5-37-28(34)25-16(2)31-29-32(26(25)18-9-11-22(35-3)23(14-18)36-4)27(33)24(39-29)15-20-10-12-21(38-20)17-7-6-8-19(30)13-17/h6-15,26H,5H2,1-4H3/b24-15-/t26-/m1/s1. The number of esters is 1. The lowest BCUT2D eigenvalue weighted by molar-refractivity contribution is -0.139. The number of ether oxygens (including phenoxy) is 3. The number of furan rings is 1. The van der Waals surface area contributed by atoms with E-state index in [4.69, 9.17) is 18.6 Å². The fourth-order valence-electron chi connectivity index (χ4n) is 4.49. The van der Waals surface area contributed by atoms with Gasteiger partial charge in [-0.05, 0) is 55.8 Å². The quantitative estimate of drug-likeness (QED) is 0.279. The van der Waals surface area contributed by atoms with Gasteiger partial charge in [0.25, 0.3) is 5.56 Å². The molecule has 0 N–H and O–H groups in total. The molecule has 0 amide bonds. The first-order valence-electron chi connectivity index (χ1n) is 12.1. The zero-order valence-electron chi connectivity index (χ0n) is 21.7. The molecule has 8 nitrogen and oxygen atoms in total. The number of aromatic nitrogens is 1. The Morgan fingerprint density at radius 2 is 1.92 bits per heavy atom. The number of fused-ring (bicyclic) bond motifs is 1. The average Bonchev–Trinajstić information content (AvgIpc) is 3.52. The van der Waals surface area contributed by atoms with Crippen LogP contribution in [0.15, 0.2) is 84.5 Å². The second kappa shape index (κ2) is 11.1. The zero-order chi connectivity index (χ0) is 27.7. The molecule has 1 aliphatic rings. The first-order chi connectivity index (χ1) is 18.8. The Bertz CT molecular complexity index is 1780. The number of methoxy groups -OCH3 is 2. The Labute approximate surface area is 236 Å². The minimum absolute atomic E-state index is 0.192. The van der Waals surface area contributed by atoms with Gasteiger partial charge in [-0.25, -0.2) is 9.79 Å². The largest absolute Gasteiger partial charge is 0.493 e. The predicted octanol–water partition coefficient (Wildman–Crippen LogP) is 4.84. The maximum absolute atomic E-state index is 13.8. The summed E-state index contributed by atoms with van der Waals surface area (Å²) in [5.74, 6) is 1.69. The van der Waals surface area contributed by atoms with E-state index >= 15 is 0 Å². The van der Waals surface area contributed by atoms with E-state index in [1.54, 1.807) is 45.2 Å².